The van der Waals surface area contributed by atoms with E-state index in [1.54, 1.807) is 6.33 Å². The Kier molecular flexibility index (Phi) is 3.20. The number of aromatic amines is 1. The van der Waals surface area contributed by atoms with Crippen molar-refractivity contribution in [1.29, 1.82) is 0 Å². The number of aromatic nitrogens is 4. The summed E-state index contributed by atoms with van der Waals surface area (Å²) in [5, 5.41) is 2.99. The lowest BCUT2D eigenvalue weighted by Crippen LogP contribution is -2.45. The monoisotopic (exact) mass is 262 g/mol. The molecule has 19 heavy (non-hydrogen) atoms. The molecule has 0 amide bonds. The fourth-order valence-electron chi connectivity index (χ4n) is 2.41. The maximum absolute atomic E-state index is 5.55. The average Bonchev–Trinajstić information content (AvgIpc) is 2.94. The van der Waals surface area contributed by atoms with Crippen LogP contribution in [0.4, 0.5) is 11.8 Å². The third-order valence-electron chi connectivity index (χ3n) is 3.46. The van der Waals surface area contributed by atoms with Gasteiger partial charge in [-0.25, -0.2) is 4.98 Å². The number of morpholine rings is 1. The fraction of sp³-hybridized carbons (Fsp3) is 0.583. The van der Waals surface area contributed by atoms with Crippen LogP contribution in [-0.4, -0.2) is 52.8 Å². The summed E-state index contributed by atoms with van der Waals surface area (Å²) in [4.78, 5) is 18.6. The number of anilines is 2. The zero-order chi connectivity index (χ0) is 13.2. The van der Waals surface area contributed by atoms with E-state index in [0.29, 0.717) is 17.6 Å². The van der Waals surface area contributed by atoms with Crippen molar-refractivity contribution in [2.75, 3.05) is 37.0 Å². The molecular weight excluding hydrogens is 244 g/mol. The van der Waals surface area contributed by atoms with Gasteiger partial charge in [0.15, 0.2) is 11.5 Å². The fourth-order valence-corrected chi connectivity index (χ4v) is 2.41. The Labute approximate surface area is 111 Å². The van der Waals surface area contributed by atoms with E-state index in [1.807, 2.05) is 7.05 Å². The molecule has 1 atom stereocenters. The van der Waals surface area contributed by atoms with Crippen molar-refractivity contribution in [2.45, 2.75) is 19.4 Å². The Bertz CT molecular complexity index is 568. The van der Waals surface area contributed by atoms with Crippen LogP contribution in [0.15, 0.2) is 6.33 Å². The first kappa shape index (κ1) is 12.2. The second-order valence-electron chi connectivity index (χ2n) is 4.55. The molecule has 2 N–H and O–H groups in total. The van der Waals surface area contributed by atoms with Gasteiger partial charge in [-0.1, -0.05) is 6.92 Å². The van der Waals surface area contributed by atoms with E-state index in [2.05, 4.69) is 37.1 Å². The van der Waals surface area contributed by atoms with Gasteiger partial charge in [0.05, 0.1) is 25.6 Å². The third kappa shape index (κ3) is 2.10. The molecule has 1 unspecified atom stereocenters. The summed E-state index contributed by atoms with van der Waals surface area (Å²) < 4.78 is 5.55. The maximum Gasteiger partial charge on any atom is 0.226 e. The molecule has 3 rings (SSSR count). The molecule has 2 aromatic rings. The highest BCUT2D eigenvalue weighted by Crippen LogP contribution is 2.26. The molecule has 0 radical (unpaired) electrons. The maximum atomic E-state index is 5.55. The van der Waals surface area contributed by atoms with E-state index in [0.717, 1.165) is 37.5 Å². The van der Waals surface area contributed by atoms with Crippen LogP contribution in [0.5, 0.6) is 0 Å². The van der Waals surface area contributed by atoms with Gasteiger partial charge in [-0.3, -0.25) is 0 Å². The number of fused-ring (bicyclic) bond motifs is 1. The quantitative estimate of drug-likeness (QED) is 0.859. The Morgan fingerprint density at radius 3 is 3.21 bits per heavy atom. The van der Waals surface area contributed by atoms with Crippen LogP contribution < -0.4 is 10.2 Å². The molecular formula is C12H18N6O. The van der Waals surface area contributed by atoms with Crippen molar-refractivity contribution in [1.82, 2.24) is 19.9 Å². The van der Waals surface area contributed by atoms with Gasteiger partial charge in [0.1, 0.15) is 5.52 Å². The molecule has 1 aliphatic rings. The molecule has 0 aromatic carbocycles. The number of ether oxygens (including phenoxy) is 1. The van der Waals surface area contributed by atoms with Crippen molar-refractivity contribution in [2.24, 2.45) is 0 Å². The molecule has 0 aliphatic carbocycles. The summed E-state index contributed by atoms with van der Waals surface area (Å²) in [5.41, 5.74) is 1.58. The van der Waals surface area contributed by atoms with E-state index in [4.69, 9.17) is 4.74 Å². The lowest BCUT2D eigenvalue weighted by molar-refractivity contribution is 0.0927. The van der Waals surface area contributed by atoms with Crippen LogP contribution in [0.3, 0.4) is 0 Å². The molecule has 0 bridgehead atoms. The summed E-state index contributed by atoms with van der Waals surface area (Å²) >= 11 is 0. The average molecular weight is 262 g/mol. The molecule has 102 valence electrons. The number of nitrogens with one attached hydrogen (secondary N) is 2. The highest BCUT2D eigenvalue weighted by Gasteiger charge is 2.25. The lowest BCUT2D eigenvalue weighted by atomic mass is 10.2. The summed E-state index contributed by atoms with van der Waals surface area (Å²) in [7, 11) is 1.81. The smallest absolute Gasteiger partial charge is 0.226 e. The molecule has 0 spiro atoms. The minimum atomic E-state index is 0.347. The van der Waals surface area contributed by atoms with Crippen LogP contribution in [0.25, 0.3) is 11.2 Å². The van der Waals surface area contributed by atoms with Crippen LogP contribution in [0, 0.1) is 0 Å². The normalized spacial score (nSPS) is 19.9. The van der Waals surface area contributed by atoms with E-state index in [-0.39, 0.29) is 0 Å². The number of hydrogen-bond acceptors (Lipinski definition) is 6. The Balaban J connectivity index is 2.08. The van der Waals surface area contributed by atoms with Gasteiger partial charge in [0, 0.05) is 13.6 Å². The summed E-state index contributed by atoms with van der Waals surface area (Å²) in [6, 6.07) is 0.347. The number of nitrogens with zero attached hydrogens (tertiary/aromatic N) is 4. The number of hydrogen-bond donors (Lipinski definition) is 2. The first-order valence-electron chi connectivity index (χ1n) is 6.56. The zero-order valence-corrected chi connectivity index (χ0v) is 11.2. The molecule has 7 heteroatoms. The van der Waals surface area contributed by atoms with Crippen molar-refractivity contribution >= 4 is 22.9 Å². The summed E-state index contributed by atoms with van der Waals surface area (Å²) in [6.45, 7) is 4.47. The number of H-pyrrole nitrogens is 1. The predicted octanol–water partition coefficient (Wildman–Crippen LogP) is 1.01. The van der Waals surface area contributed by atoms with Gasteiger partial charge < -0.3 is 19.9 Å². The van der Waals surface area contributed by atoms with Crippen LogP contribution in [0.1, 0.15) is 13.3 Å². The molecule has 2 aromatic heterocycles. The summed E-state index contributed by atoms with van der Waals surface area (Å²) in [5.74, 6) is 1.50. The third-order valence-corrected chi connectivity index (χ3v) is 3.46. The molecule has 1 aliphatic heterocycles. The van der Waals surface area contributed by atoms with Crippen molar-refractivity contribution in [3.05, 3.63) is 6.33 Å². The minimum absolute atomic E-state index is 0.347. The SMILES string of the molecule is CCC1COCCN1c1nc(NC)nc2nc[nH]c12. The van der Waals surface area contributed by atoms with Gasteiger partial charge in [-0.15, -0.1) is 0 Å². The van der Waals surface area contributed by atoms with E-state index >= 15 is 0 Å². The van der Waals surface area contributed by atoms with Crippen molar-refractivity contribution in [3.8, 4) is 0 Å². The van der Waals surface area contributed by atoms with Gasteiger partial charge in [-0.05, 0) is 6.42 Å². The van der Waals surface area contributed by atoms with Crippen LogP contribution in [-0.2, 0) is 4.74 Å². The standard InChI is InChI=1S/C12H18N6O/c1-3-8-6-19-5-4-18(8)11-9-10(15-7-14-9)16-12(13-2)17-11/h7-8H,3-6H2,1-2H3,(H2,13,14,15,16,17). The number of rotatable bonds is 3. The van der Waals surface area contributed by atoms with E-state index in [9.17, 15) is 0 Å². The van der Waals surface area contributed by atoms with Gasteiger partial charge in [0.2, 0.25) is 5.95 Å². The highest BCUT2D eigenvalue weighted by atomic mass is 16.5. The molecule has 7 nitrogen and oxygen atoms in total. The van der Waals surface area contributed by atoms with Crippen LogP contribution >= 0.6 is 0 Å². The molecule has 0 saturated carbocycles. The van der Waals surface area contributed by atoms with E-state index in [1.165, 1.54) is 0 Å². The topological polar surface area (TPSA) is 79.0 Å². The Morgan fingerprint density at radius 2 is 2.42 bits per heavy atom. The van der Waals surface area contributed by atoms with Gasteiger partial charge in [-0.2, -0.15) is 9.97 Å². The Morgan fingerprint density at radius 1 is 1.53 bits per heavy atom. The largest absolute Gasteiger partial charge is 0.377 e. The first-order chi connectivity index (χ1) is 9.33. The minimum Gasteiger partial charge on any atom is -0.377 e. The van der Waals surface area contributed by atoms with E-state index < -0.39 is 0 Å². The predicted molar refractivity (Wildman–Crippen MR) is 73.5 cm³/mol. The molecule has 1 saturated heterocycles. The first-order valence-corrected chi connectivity index (χ1v) is 6.56. The molecule has 1 fully saturated rings. The van der Waals surface area contributed by atoms with Crippen molar-refractivity contribution < 1.29 is 4.74 Å². The number of imidazole rings is 1. The second kappa shape index (κ2) is 5.00. The van der Waals surface area contributed by atoms with Gasteiger partial charge >= 0.3 is 0 Å². The molecule has 3 heterocycles. The lowest BCUT2D eigenvalue weighted by Gasteiger charge is -2.36. The second-order valence-corrected chi connectivity index (χ2v) is 4.55. The Hall–Kier alpha value is -1.89. The van der Waals surface area contributed by atoms with Crippen LogP contribution in [0.2, 0.25) is 0 Å². The highest BCUT2D eigenvalue weighted by molar-refractivity contribution is 5.84. The summed E-state index contributed by atoms with van der Waals surface area (Å²) in [6.07, 6.45) is 2.68. The van der Waals surface area contributed by atoms with Gasteiger partial charge in [0.25, 0.3) is 0 Å². The van der Waals surface area contributed by atoms with Crippen molar-refractivity contribution in [3.63, 3.8) is 0 Å². The zero-order valence-electron chi connectivity index (χ0n) is 11.2.